The third-order valence-electron chi connectivity index (χ3n) is 5.20. The molecule has 3 aliphatic heterocycles. The first-order chi connectivity index (χ1) is 9.81. The summed E-state index contributed by atoms with van der Waals surface area (Å²) < 4.78 is 2.14. The standard InChI is InChI=1S/C16H22N4/c1-12-4-2-3-5-14(12)15-10-20(18-17-15)16-11-19-8-6-13(16)7-9-19/h2-3,5,10,12-13,16H,4,6-9,11H2,1H3/t12?,16-/m0/s1. The van der Waals surface area contributed by atoms with Gasteiger partial charge in [0.1, 0.15) is 5.69 Å². The number of fused-ring (bicyclic) bond motifs is 3. The predicted molar refractivity (Wildman–Crippen MR) is 79.1 cm³/mol. The first kappa shape index (κ1) is 12.3. The van der Waals surface area contributed by atoms with Gasteiger partial charge >= 0.3 is 0 Å². The summed E-state index contributed by atoms with van der Waals surface area (Å²) >= 11 is 0. The normalized spacial score (nSPS) is 36.1. The van der Waals surface area contributed by atoms with E-state index in [1.165, 1.54) is 31.5 Å². The van der Waals surface area contributed by atoms with E-state index in [9.17, 15) is 0 Å². The van der Waals surface area contributed by atoms with Crippen LogP contribution < -0.4 is 0 Å². The largest absolute Gasteiger partial charge is 0.301 e. The molecule has 20 heavy (non-hydrogen) atoms. The fraction of sp³-hybridized carbons (Fsp3) is 0.625. The summed E-state index contributed by atoms with van der Waals surface area (Å²) in [7, 11) is 0. The molecule has 0 amide bonds. The maximum atomic E-state index is 4.44. The summed E-state index contributed by atoms with van der Waals surface area (Å²) in [5, 5.41) is 8.88. The quantitative estimate of drug-likeness (QED) is 0.828. The van der Waals surface area contributed by atoms with E-state index in [2.05, 4.69) is 51.2 Å². The predicted octanol–water partition coefficient (Wildman–Crippen LogP) is 2.52. The fourth-order valence-electron chi connectivity index (χ4n) is 3.89. The topological polar surface area (TPSA) is 34.0 Å². The molecule has 0 aromatic carbocycles. The van der Waals surface area contributed by atoms with Crippen LogP contribution in [0.3, 0.4) is 0 Å². The average molecular weight is 270 g/mol. The Balaban J connectivity index is 1.59. The third-order valence-corrected chi connectivity index (χ3v) is 5.20. The molecule has 1 aromatic rings. The summed E-state index contributed by atoms with van der Waals surface area (Å²) in [6.45, 7) is 5.97. The number of hydrogen-bond acceptors (Lipinski definition) is 3. The Labute approximate surface area is 120 Å². The van der Waals surface area contributed by atoms with Crippen LogP contribution in [-0.4, -0.2) is 39.5 Å². The fourth-order valence-corrected chi connectivity index (χ4v) is 3.89. The van der Waals surface area contributed by atoms with Crippen molar-refractivity contribution in [2.75, 3.05) is 19.6 Å². The molecule has 0 saturated carbocycles. The van der Waals surface area contributed by atoms with Gasteiger partial charge in [0.2, 0.25) is 0 Å². The van der Waals surface area contributed by atoms with Gasteiger partial charge in [-0.25, -0.2) is 4.68 Å². The molecule has 1 aliphatic carbocycles. The second-order valence-corrected chi connectivity index (χ2v) is 6.48. The Bertz CT molecular complexity index is 549. The SMILES string of the molecule is CC1CC=CC=C1c1cn([C@H]2CN3CCC2CC3)nn1. The average Bonchev–Trinajstić information content (AvgIpc) is 2.98. The van der Waals surface area contributed by atoms with Crippen LogP contribution in [0.2, 0.25) is 0 Å². The highest BCUT2D eigenvalue weighted by molar-refractivity contribution is 5.66. The minimum absolute atomic E-state index is 0.536. The molecule has 0 N–H and O–H groups in total. The van der Waals surface area contributed by atoms with E-state index in [0.717, 1.165) is 24.6 Å². The van der Waals surface area contributed by atoms with E-state index in [4.69, 9.17) is 0 Å². The summed E-state index contributed by atoms with van der Waals surface area (Å²) in [5.74, 6) is 1.35. The van der Waals surface area contributed by atoms with Crippen LogP contribution >= 0.6 is 0 Å². The third kappa shape index (κ3) is 2.03. The molecule has 0 radical (unpaired) electrons. The zero-order valence-corrected chi connectivity index (χ0v) is 12.1. The maximum absolute atomic E-state index is 4.44. The lowest BCUT2D eigenvalue weighted by Crippen LogP contribution is -2.48. The lowest BCUT2D eigenvalue weighted by Gasteiger charge is -2.44. The Morgan fingerprint density at radius 2 is 2.10 bits per heavy atom. The highest BCUT2D eigenvalue weighted by atomic mass is 15.4. The van der Waals surface area contributed by atoms with E-state index >= 15 is 0 Å². The van der Waals surface area contributed by atoms with E-state index in [1.54, 1.807) is 0 Å². The smallest absolute Gasteiger partial charge is 0.109 e. The molecule has 1 unspecified atom stereocenters. The number of nitrogens with zero attached hydrogens (tertiary/aromatic N) is 4. The first-order valence-corrected chi connectivity index (χ1v) is 7.82. The highest BCUT2D eigenvalue weighted by Crippen LogP contribution is 2.36. The highest BCUT2D eigenvalue weighted by Gasteiger charge is 2.36. The van der Waals surface area contributed by atoms with Gasteiger partial charge < -0.3 is 4.90 Å². The zero-order chi connectivity index (χ0) is 13.5. The van der Waals surface area contributed by atoms with Crippen molar-refractivity contribution in [3.05, 3.63) is 30.1 Å². The second kappa shape index (κ2) is 4.85. The van der Waals surface area contributed by atoms with E-state index in [-0.39, 0.29) is 0 Å². The molecule has 3 fully saturated rings. The van der Waals surface area contributed by atoms with E-state index < -0.39 is 0 Å². The molecule has 4 nitrogen and oxygen atoms in total. The van der Waals surface area contributed by atoms with Gasteiger partial charge in [-0.15, -0.1) is 5.10 Å². The molecule has 106 valence electrons. The van der Waals surface area contributed by atoms with Gasteiger partial charge in [-0.05, 0) is 49.8 Å². The molecule has 0 spiro atoms. The van der Waals surface area contributed by atoms with Crippen LogP contribution in [-0.2, 0) is 0 Å². The van der Waals surface area contributed by atoms with Crippen molar-refractivity contribution < 1.29 is 0 Å². The first-order valence-electron chi connectivity index (χ1n) is 7.82. The lowest BCUT2D eigenvalue weighted by atomic mass is 9.84. The number of aromatic nitrogens is 3. The van der Waals surface area contributed by atoms with Gasteiger partial charge in [0.15, 0.2) is 0 Å². The molecule has 2 bridgehead atoms. The summed E-state index contributed by atoms with van der Waals surface area (Å²) in [5.41, 5.74) is 2.40. The number of piperidine rings is 3. The number of allylic oxidation sites excluding steroid dienone is 4. The minimum Gasteiger partial charge on any atom is -0.301 e. The molecule has 3 saturated heterocycles. The molecule has 4 heterocycles. The molecule has 1 aromatic heterocycles. The van der Waals surface area contributed by atoms with Crippen LogP contribution in [0.25, 0.3) is 5.57 Å². The Hall–Kier alpha value is -1.42. The summed E-state index contributed by atoms with van der Waals surface area (Å²) in [6.07, 6.45) is 12.5. The van der Waals surface area contributed by atoms with Crippen LogP contribution in [0.4, 0.5) is 0 Å². The molecular weight excluding hydrogens is 248 g/mol. The summed E-state index contributed by atoms with van der Waals surface area (Å²) in [6, 6.07) is 0.536. The lowest BCUT2D eigenvalue weighted by molar-refractivity contribution is 0.0504. The van der Waals surface area contributed by atoms with Crippen LogP contribution in [0.15, 0.2) is 24.4 Å². The van der Waals surface area contributed by atoms with Gasteiger partial charge in [-0.3, -0.25) is 0 Å². The zero-order valence-electron chi connectivity index (χ0n) is 12.1. The molecule has 4 heteroatoms. The van der Waals surface area contributed by atoms with Crippen molar-refractivity contribution in [1.29, 1.82) is 0 Å². The molecule has 5 rings (SSSR count). The molecule has 4 aliphatic rings. The van der Waals surface area contributed by atoms with Crippen LogP contribution in [0.1, 0.15) is 37.9 Å². The van der Waals surface area contributed by atoms with Crippen LogP contribution in [0.5, 0.6) is 0 Å². The monoisotopic (exact) mass is 270 g/mol. The van der Waals surface area contributed by atoms with Crippen molar-refractivity contribution >= 4 is 5.57 Å². The Morgan fingerprint density at radius 1 is 1.25 bits per heavy atom. The van der Waals surface area contributed by atoms with Crippen molar-refractivity contribution in [3.63, 3.8) is 0 Å². The maximum Gasteiger partial charge on any atom is 0.109 e. The molecule has 2 atom stereocenters. The van der Waals surface area contributed by atoms with Crippen molar-refractivity contribution in [2.24, 2.45) is 11.8 Å². The van der Waals surface area contributed by atoms with Gasteiger partial charge in [0, 0.05) is 6.54 Å². The Morgan fingerprint density at radius 3 is 2.80 bits per heavy atom. The van der Waals surface area contributed by atoms with Crippen LogP contribution in [0, 0.1) is 11.8 Å². The Kier molecular flexibility index (Phi) is 2.99. The van der Waals surface area contributed by atoms with Crippen molar-refractivity contribution in [3.8, 4) is 0 Å². The minimum atomic E-state index is 0.536. The van der Waals surface area contributed by atoms with E-state index in [0.29, 0.717) is 12.0 Å². The number of rotatable bonds is 2. The van der Waals surface area contributed by atoms with E-state index in [1.807, 2.05) is 0 Å². The van der Waals surface area contributed by atoms with Crippen molar-refractivity contribution in [1.82, 2.24) is 19.9 Å². The van der Waals surface area contributed by atoms with Gasteiger partial charge in [0.25, 0.3) is 0 Å². The van der Waals surface area contributed by atoms with Gasteiger partial charge in [0.05, 0.1) is 12.2 Å². The molecular formula is C16H22N4. The van der Waals surface area contributed by atoms with Crippen molar-refractivity contribution in [2.45, 2.75) is 32.2 Å². The second-order valence-electron chi connectivity index (χ2n) is 6.48. The number of hydrogen-bond donors (Lipinski definition) is 0. The summed E-state index contributed by atoms with van der Waals surface area (Å²) in [4.78, 5) is 2.57. The van der Waals surface area contributed by atoms with Gasteiger partial charge in [-0.1, -0.05) is 30.4 Å². The van der Waals surface area contributed by atoms with Gasteiger partial charge in [-0.2, -0.15) is 0 Å².